The molecule has 2 aromatic heterocycles. The van der Waals surface area contributed by atoms with E-state index in [0.717, 1.165) is 65.1 Å². The van der Waals surface area contributed by atoms with Crippen LogP contribution in [0, 0.1) is 6.92 Å². The highest BCUT2D eigenvalue weighted by Crippen LogP contribution is 2.44. The van der Waals surface area contributed by atoms with E-state index in [9.17, 15) is 5.11 Å². The van der Waals surface area contributed by atoms with E-state index in [0.29, 0.717) is 5.02 Å². The number of fused-ring (bicyclic) bond motifs is 2. The molecule has 0 spiro atoms. The Morgan fingerprint density at radius 3 is 2.39 bits per heavy atom. The monoisotopic (exact) mass is 581 g/mol. The van der Waals surface area contributed by atoms with Gasteiger partial charge in [-0.25, -0.2) is 4.98 Å². The molecule has 6 rings (SSSR count). The zero-order chi connectivity index (χ0) is 28.9. The van der Waals surface area contributed by atoms with E-state index in [1.807, 2.05) is 63.0 Å². The van der Waals surface area contributed by atoms with Crippen LogP contribution in [-0.2, 0) is 11.8 Å². The minimum absolute atomic E-state index is 0.126. The van der Waals surface area contributed by atoms with Crippen molar-refractivity contribution in [2.24, 2.45) is 7.05 Å². The van der Waals surface area contributed by atoms with Crippen molar-refractivity contribution in [1.82, 2.24) is 14.8 Å². The summed E-state index contributed by atoms with van der Waals surface area (Å²) in [4.78, 5) is 5.11. The minimum Gasteiger partial charge on any atom is -0.393 e. The van der Waals surface area contributed by atoms with Gasteiger partial charge in [0.05, 0.1) is 34.1 Å². The molecule has 0 fully saturated rings. The van der Waals surface area contributed by atoms with Gasteiger partial charge in [0.25, 0.3) is 0 Å². The highest BCUT2D eigenvalue weighted by molar-refractivity contribution is 7.22. The zero-order valence-electron chi connectivity index (χ0n) is 23.8. The Kier molecular flexibility index (Phi) is 7.20. The highest BCUT2D eigenvalue weighted by atomic mass is 35.5. The summed E-state index contributed by atoms with van der Waals surface area (Å²) in [7, 11) is 1.96. The van der Waals surface area contributed by atoms with E-state index >= 15 is 0 Å². The number of benzene rings is 4. The summed E-state index contributed by atoms with van der Waals surface area (Å²) in [6.45, 7) is 7.97. The van der Waals surface area contributed by atoms with Gasteiger partial charge in [0.15, 0.2) is 0 Å². The molecular formula is C34H32ClN3O2S. The molecule has 4 aromatic carbocycles. The van der Waals surface area contributed by atoms with Crippen molar-refractivity contribution in [1.29, 1.82) is 0 Å². The maximum absolute atomic E-state index is 10.5. The van der Waals surface area contributed by atoms with Gasteiger partial charge in [0, 0.05) is 28.6 Å². The van der Waals surface area contributed by atoms with Crippen molar-refractivity contribution in [2.45, 2.75) is 39.4 Å². The van der Waals surface area contributed by atoms with Gasteiger partial charge in [0.2, 0.25) is 0 Å². The smallest absolute Gasteiger partial charge is 0.124 e. The summed E-state index contributed by atoms with van der Waals surface area (Å²) in [6.07, 6.45) is 1.42. The first-order valence-electron chi connectivity index (χ1n) is 13.6. The first-order chi connectivity index (χ1) is 19.6. The molecule has 0 amide bonds. The van der Waals surface area contributed by atoms with Crippen LogP contribution in [0.2, 0.25) is 5.02 Å². The van der Waals surface area contributed by atoms with Crippen molar-refractivity contribution < 1.29 is 9.84 Å². The Labute approximate surface area is 249 Å². The zero-order valence-corrected chi connectivity index (χ0v) is 25.3. The van der Waals surface area contributed by atoms with Gasteiger partial charge < -0.3 is 9.84 Å². The third-order valence-electron chi connectivity index (χ3n) is 7.23. The van der Waals surface area contributed by atoms with Crippen molar-refractivity contribution in [3.63, 3.8) is 0 Å². The van der Waals surface area contributed by atoms with E-state index < -0.39 is 11.7 Å². The van der Waals surface area contributed by atoms with Crippen molar-refractivity contribution >= 4 is 44.1 Å². The summed E-state index contributed by atoms with van der Waals surface area (Å²) in [6, 6.07) is 24.9. The Bertz CT molecular complexity index is 1880. The van der Waals surface area contributed by atoms with Gasteiger partial charge >= 0.3 is 0 Å². The number of halogens is 1. The Hall–Kier alpha value is -3.55. The van der Waals surface area contributed by atoms with E-state index in [2.05, 4.69) is 60.6 Å². The van der Waals surface area contributed by atoms with Gasteiger partial charge in [-0.3, -0.25) is 4.68 Å². The van der Waals surface area contributed by atoms with E-state index in [1.165, 1.54) is 0 Å². The fraction of sp³-hybridized carbons (Fsp3) is 0.235. The summed E-state index contributed by atoms with van der Waals surface area (Å²) in [5, 5.41) is 17.6. The van der Waals surface area contributed by atoms with Crippen LogP contribution in [0.3, 0.4) is 0 Å². The second-order valence-electron chi connectivity index (χ2n) is 11.4. The van der Waals surface area contributed by atoms with Crippen molar-refractivity contribution in [3.05, 3.63) is 95.1 Å². The molecule has 2 heterocycles. The summed E-state index contributed by atoms with van der Waals surface area (Å²) < 4.78 is 9.32. The second-order valence-corrected chi connectivity index (χ2v) is 12.8. The summed E-state index contributed by atoms with van der Waals surface area (Å²) in [5.74, 6) is 0. The predicted octanol–water partition coefficient (Wildman–Crippen LogP) is 8.99. The maximum atomic E-state index is 10.5. The van der Waals surface area contributed by atoms with Crippen molar-refractivity contribution in [2.75, 3.05) is 6.61 Å². The number of ether oxygens (including phenoxy) is 1. The number of aliphatic hydroxyl groups excluding tert-OH is 1. The minimum atomic E-state index is -0.485. The largest absolute Gasteiger partial charge is 0.393 e. The molecule has 0 saturated heterocycles. The van der Waals surface area contributed by atoms with E-state index in [-0.39, 0.29) is 6.61 Å². The number of nitrogens with zero attached hydrogens (tertiary/aromatic N) is 3. The molecule has 208 valence electrons. The molecule has 5 nitrogen and oxygen atoms in total. The molecule has 0 bridgehead atoms. The Morgan fingerprint density at radius 1 is 0.951 bits per heavy atom. The molecular weight excluding hydrogens is 550 g/mol. The normalized spacial score (nSPS) is 12.9. The number of aryl methyl sites for hydroxylation is 2. The number of rotatable bonds is 6. The van der Waals surface area contributed by atoms with Gasteiger partial charge in [0.1, 0.15) is 11.1 Å². The molecule has 0 aliphatic rings. The lowest BCUT2D eigenvalue weighted by Crippen LogP contribution is -2.25. The topological polar surface area (TPSA) is 60.2 Å². The summed E-state index contributed by atoms with van der Waals surface area (Å²) in [5.41, 5.74) is 8.97. The van der Waals surface area contributed by atoms with Crippen LogP contribution in [0.5, 0.6) is 0 Å². The molecule has 0 aliphatic heterocycles. The lowest BCUT2D eigenvalue weighted by Gasteiger charge is -2.29. The average molecular weight is 582 g/mol. The number of hydrogen-bond acceptors (Lipinski definition) is 5. The highest BCUT2D eigenvalue weighted by Gasteiger charge is 2.27. The Morgan fingerprint density at radius 2 is 1.66 bits per heavy atom. The second kappa shape index (κ2) is 10.7. The SMILES string of the molecule is Cc1cc2nc(-c3cccc(-c4ccc5c(cnn5C)c4)c3)sc2c(-c2ccc(Cl)cc2)c1[C@@H](CO)OC(C)(C)C. The fourth-order valence-electron chi connectivity index (χ4n) is 5.44. The maximum Gasteiger partial charge on any atom is 0.124 e. The van der Waals surface area contributed by atoms with Crippen LogP contribution in [-0.4, -0.2) is 32.1 Å². The van der Waals surface area contributed by atoms with Crippen LogP contribution in [0.15, 0.2) is 79.0 Å². The molecule has 6 aromatic rings. The lowest BCUT2D eigenvalue weighted by molar-refractivity contribution is -0.0821. The molecule has 0 saturated carbocycles. The van der Waals surface area contributed by atoms with E-state index in [1.54, 1.807) is 11.3 Å². The first kappa shape index (κ1) is 27.6. The molecule has 0 aliphatic carbocycles. The predicted molar refractivity (Wildman–Crippen MR) is 171 cm³/mol. The van der Waals surface area contributed by atoms with Gasteiger partial charge in [-0.05, 0) is 91.9 Å². The van der Waals surface area contributed by atoms with Crippen molar-refractivity contribution in [3.8, 4) is 32.8 Å². The molecule has 0 unspecified atom stereocenters. The van der Waals surface area contributed by atoms with Crippen LogP contribution in [0.4, 0.5) is 0 Å². The number of aliphatic hydroxyl groups is 1. The number of aromatic nitrogens is 3. The molecule has 0 radical (unpaired) electrons. The fourth-order valence-corrected chi connectivity index (χ4v) is 6.69. The van der Waals surface area contributed by atoms with Crippen LogP contribution in [0.25, 0.3) is 53.9 Å². The quantitative estimate of drug-likeness (QED) is 0.213. The van der Waals surface area contributed by atoms with Crippen LogP contribution < -0.4 is 0 Å². The molecule has 1 N–H and O–H groups in total. The third-order valence-corrected chi connectivity index (χ3v) is 8.62. The van der Waals surface area contributed by atoms with E-state index in [4.69, 9.17) is 21.3 Å². The van der Waals surface area contributed by atoms with Gasteiger partial charge in [-0.1, -0.05) is 48.0 Å². The average Bonchev–Trinajstić information content (AvgIpc) is 3.54. The van der Waals surface area contributed by atoms with Crippen LogP contribution >= 0.6 is 22.9 Å². The molecule has 7 heteroatoms. The number of hydrogen-bond donors (Lipinski definition) is 1. The molecule has 41 heavy (non-hydrogen) atoms. The Balaban J connectivity index is 1.51. The number of thiazole rings is 1. The van der Waals surface area contributed by atoms with Crippen LogP contribution in [0.1, 0.15) is 38.0 Å². The van der Waals surface area contributed by atoms with Gasteiger partial charge in [-0.15, -0.1) is 11.3 Å². The standard InChI is InChI=1S/C34H32ClN3O2S/c1-20-15-27-32(31(21-9-12-26(35)13-10-21)30(20)29(19-39)40-34(2,3)4)41-33(37-27)24-8-6-7-22(16-24)23-11-14-28-25(17-23)18-36-38(28)5/h6-18,29,39H,19H2,1-5H3/t29-/m1/s1. The lowest BCUT2D eigenvalue weighted by atomic mass is 9.91. The first-order valence-corrected chi connectivity index (χ1v) is 14.8. The van der Waals surface area contributed by atoms with Gasteiger partial charge in [-0.2, -0.15) is 5.10 Å². The summed E-state index contributed by atoms with van der Waals surface area (Å²) >= 11 is 7.93. The third kappa shape index (κ3) is 5.41. The molecule has 1 atom stereocenters.